The summed E-state index contributed by atoms with van der Waals surface area (Å²) in [6.07, 6.45) is 0.344. The first kappa shape index (κ1) is 14.2. The molecule has 3 atom stereocenters. The van der Waals surface area contributed by atoms with Gasteiger partial charge in [0.15, 0.2) is 12.1 Å². The Morgan fingerprint density at radius 3 is 2.95 bits per heavy atom. The molecule has 1 fully saturated rings. The number of ether oxygens (including phenoxy) is 1. The van der Waals surface area contributed by atoms with E-state index >= 15 is 0 Å². The fourth-order valence-electron chi connectivity index (χ4n) is 2.62. The number of fused-ring (bicyclic) bond motifs is 1. The summed E-state index contributed by atoms with van der Waals surface area (Å²) < 4.78 is 5.32. The van der Waals surface area contributed by atoms with Gasteiger partial charge in [-0.1, -0.05) is 0 Å². The van der Waals surface area contributed by atoms with Crippen LogP contribution in [0.2, 0.25) is 0 Å². The van der Waals surface area contributed by atoms with Crippen molar-refractivity contribution in [1.82, 2.24) is 15.1 Å². The Labute approximate surface area is 122 Å². The van der Waals surface area contributed by atoms with Gasteiger partial charge in [0.2, 0.25) is 0 Å². The average Bonchev–Trinajstić information content (AvgIpc) is 2.97. The molecule has 9 heteroatoms. The third-order valence-electron chi connectivity index (χ3n) is 3.76. The molecule has 0 aromatic heterocycles. The number of morpholine rings is 1. The van der Waals surface area contributed by atoms with Crippen molar-refractivity contribution >= 4 is 18.1 Å². The fraction of sp³-hybridized carbons (Fsp3) is 0.750. The first-order chi connectivity index (χ1) is 10.2. The number of hydrogen-bond acceptors (Lipinski definition) is 8. The number of aliphatic hydroxyl groups is 2. The predicted octanol–water partition coefficient (Wildman–Crippen LogP) is -2.35. The maximum atomic E-state index is 9.61. The second kappa shape index (κ2) is 5.96. The second-order valence-electron chi connectivity index (χ2n) is 5.25. The van der Waals surface area contributed by atoms with Gasteiger partial charge in [0, 0.05) is 19.6 Å². The van der Waals surface area contributed by atoms with Crippen LogP contribution in [0.4, 0.5) is 0 Å². The molecule has 3 heterocycles. The zero-order chi connectivity index (χ0) is 14.8. The quantitative estimate of drug-likeness (QED) is 0.463. The van der Waals surface area contributed by atoms with Crippen molar-refractivity contribution in [2.24, 2.45) is 9.98 Å². The Bertz CT molecular complexity index is 462. The van der Waals surface area contributed by atoms with Gasteiger partial charge in [0.25, 0.3) is 0 Å². The Kier molecular flexibility index (Phi) is 4.04. The van der Waals surface area contributed by atoms with E-state index in [2.05, 4.69) is 20.2 Å². The number of aliphatic hydroxyl groups excluding tert-OH is 2. The number of β-amino-alcohol motifs (C(OH)–C–C–N with tert-alkyl or cyclic N) is 1. The molecule has 3 aliphatic heterocycles. The third kappa shape index (κ3) is 2.85. The second-order valence-corrected chi connectivity index (χ2v) is 5.25. The molecule has 0 bridgehead atoms. The number of rotatable bonds is 3. The molecule has 116 valence electrons. The standard InChI is InChI=1S/C12H20N6O3/c13-10-9-11(18(7-14-10)5-8(20)6-19)16-12(15-9)17-1-3-21-4-2-17/h7-9,11,13,19-20H,1-6H2,(H,15,16). The normalized spacial score (nSPS) is 30.0. The molecule has 0 spiro atoms. The molecule has 4 N–H and O–H groups in total. The molecule has 0 aromatic carbocycles. The highest BCUT2D eigenvalue weighted by Crippen LogP contribution is 2.19. The van der Waals surface area contributed by atoms with E-state index in [1.54, 1.807) is 4.90 Å². The minimum absolute atomic E-state index is 0.224. The zero-order valence-electron chi connectivity index (χ0n) is 11.6. The summed E-state index contributed by atoms with van der Waals surface area (Å²) in [5.74, 6) is 0.966. The molecule has 21 heavy (non-hydrogen) atoms. The van der Waals surface area contributed by atoms with E-state index in [9.17, 15) is 5.11 Å². The van der Waals surface area contributed by atoms with Crippen molar-refractivity contribution < 1.29 is 14.9 Å². The Morgan fingerprint density at radius 1 is 1.48 bits per heavy atom. The van der Waals surface area contributed by atoms with Crippen molar-refractivity contribution in [3.63, 3.8) is 0 Å². The minimum Gasteiger partial charge on any atom is -0.394 e. The van der Waals surface area contributed by atoms with Crippen LogP contribution in [0.25, 0.3) is 0 Å². The maximum absolute atomic E-state index is 9.61. The van der Waals surface area contributed by atoms with Crippen molar-refractivity contribution in [2.75, 3.05) is 39.5 Å². The molecule has 0 aliphatic carbocycles. The minimum atomic E-state index is -0.855. The lowest BCUT2D eigenvalue weighted by molar-refractivity contribution is 0.0667. The summed E-state index contributed by atoms with van der Waals surface area (Å²) in [4.78, 5) is 12.5. The molecule has 9 nitrogen and oxygen atoms in total. The number of guanidine groups is 1. The fourth-order valence-corrected chi connectivity index (χ4v) is 2.62. The number of aliphatic imine (C=N–C) groups is 2. The van der Waals surface area contributed by atoms with Gasteiger partial charge in [-0.25, -0.2) is 9.98 Å². The van der Waals surface area contributed by atoms with Crippen LogP contribution in [0.15, 0.2) is 9.98 Å². The molecule has 1 saturated heterocycles. The lowest BCUT2D eigenvalue weighted by atomic mass is 10.1. The van der Waals surface area contributed by atoms with Crippen LogP contribution in [0.1, 0.15) is 0 Å². The predicted molar refractivity (Wildman–Crippen MR) is 76.6 cm³/mol. The van der Waals surface area contributed by atoms with Crippen LogP contribution >= 0.6 is 0 Å². The molecule has 0 aromatic rings. The van der Waals surface area contributed by atoms with E-state index < -0.39 is 6.10 Å². The number of hydrogen-bond donors (Lipinski definition) is 4. The van der Waals surface area contributed by atoms with E-state index in [0.717, 1.165) is 19.0 Å². The van der Waals surface area contributed by atoms with Gasteiger partial charge in [-0.15, -0.1) is 0 Å². The monoisotopic (exact) mass is 296 g/mol. The van der Waals surface area contributed by atoms with Crippen LogP contribution < -0.4 is 5.32 Å². The van der Waals surface area contributed by atoms with Crippen molar-refractivity contribution in [3.05, 3.63) is 0 Å². The van der Waals surface area contributed by atoms with Gasteiger partial charge in [-0.3, -0.25) is 5.41 Å². The molecule has 0 saturated carbocycles. The number of amidine groups is 1. The summed E-state index contributed by atoms with van der Waals surface area (Å²) in [5, 5.41) is 29.7. The first-order valence-electron chi connectivity index (χ1n) is 7.03. The number of nitrogens with one attached hydrogen (secondary N) is 2. The highest BCUT2D eigenvalue weighted by Gasteiger charge is 2.40. The summed E-state index contributed by atoms with van der Waals surface area (Å²) in [7, 11) is 0. The van der Waals surface area contributed by atoms with E-state index in [1.807, 2.05) is 0 Å². The van der Waals surface area contributed by atoms with E-state index in [-0.39, 0.29) is 31.2 Å². The molecular weight excluding hydrogens is 276 g/mol. The smallest absolute Gasteiger partial charge is 0.197 e. The van der Waals surface area contributed by atoms with Crippen molar-refractivity contribution in [1.29, 1.82) is 5.41 Å². The van der Waals surface area contributed by atoms with Gasteiger partial charge in [0.05, 0.1) is 32.3 Å². The Balaban J connectivity index is 1.74. The van der Waals surface area contributed by atoms with E-state index in [0.29, 0.717) is 13.2 Å². The summed E-state index contributed by atoms with van der Waals surface area (Å²) in [6.45, 7) is 2.77. The van der Waals surface area contributed by atoms with Crippen molar-refractivity contribution in [2.45, 2.75) is 18.3 Å². The van der Waals surface area contributed by atoms with Crippen LogP contribution in [0.5, 0.6) is 0 Å². The molecule has 3 aliphatic rings. The average molecular weight is 296 g/mol. The van der Waals surface area contributed by atoms with Crippen LogP contribution in [0.3, 0.4) is 0 Å². The Hall–Kier alpha value is -1.71. The van der Waals surface area contributed by atoms with E-state index in [4.69, 9.17) is 15.3 Å². The van der Waals surface area contributed by atoms with Gasteiger partial charge in [0.1, 0.15) is 11.9 Å². The lowest BCUT2D eigenvalue weighted by Crippen LogP contribution is -2.55. The molecular formula is C12H20N6O3. The van der Waals surface area contributed by atoms with Gasteiger partial charge in [-0.2, -0.15) is 0 Å². The topological polar surface area (TPSA) is 117 Å². The summed E-state index contributed by atoms with van der Waals surface area (Å²) in [6, 6.07) is -0.321. The molecule has 0 radical (unpaired) electrons. The van der Waals surface area contributed by atoms with Crippen LogP contribution in [-0.2, 0) is 4.74 Å². The molecule has 0 amide bonds. The van der Waals surface area contributed by atoms with Crippen LogP contribution in [-0.4, -0.2) is 95.9 Å². The van der Waals surface area contributed by atoms with E-state index in [1.165, 1.54) is 6.34 Å². The first-order valence-corrected chi connectivity index (χ1v) is 7.03. The lowest BCUT2D eigenvalue weighted by Gasteiger charge is -2.33. The number of nitrogens with zero attached hydrogens (tertiary/aromatic N) is 4. The van der Waals surface area contributed by atoms with Gasteiger partial charge in [-0.05, 0) is 0 Å². The molecule has 3 unspecified atom stereocenters. The highest BCUT2D eigenvalue weighted by atomic mass is 16.5. The third-order valence-corrected chi connectivity index (χ3v) is 3.76. The van der Waals surface area contributed by atoms with Crippen LogP contribution in [0, 0.1) is 5.41 Å². The summed E-state index contributed by atoms with van der Waals surface area (Å²) >= 11 is 0. The SMILES string of the molecule is N=C1N=CN(CC(O)CO)C2N=C(N3CCOCC3)NC12. The Morgan fingerprint density at radius 2 is 2.24 bits per heavy atom. The van der Waals surface area contributed by atoms with Crippen molar-refractivity contribution in [3.8, 4) is 0 Å². The largest absolute Gasteiger partial charge is 0.394 e. The highest BCUT2D eigenvalue weighted by molar-refractivity contribution is 5.99. The summed E-state index contributed by atoms with van der Waals surface area (Å²) in [5.41, 5.74) is 0. The zero-order valence-corrected chi connectivity index (χ0v) is 11.6. The molecule has 3 rings (SSSR count). The maximum Gasteiger partial charge on any atom is 0.197 e. The van der Waals surface area contributed by atoms with Gasteiger partial charge < -0.3 is 30.1 Å². The van der Waals surface area contributed by atoms with Gasteiger partial charge >= 0.3 is 0 Å².